The van der Waals surface area contributed by atoms with E-state index in [1.54, 1.807) is 17.0 Å². The van der Waals surface area contributed by atoms with Gasteiger partial charge in [0.15, 0.2) is 0 Å². The molecule has 1 fully saturated rings. The van der Waals surface area contributed by atoms with Gasteiger partial charge >= 0.3 is 0 Å². The number of hydrogen-bond acceptors (Lipinski definition) is 3. The summed E-state index contributed by atoms with van der Waals surface area (Å²) < 4.78 is 19.6. The fourth-order valence-corrected chi connectivity index (χ4v) is 4.71. The van der Waals surface area contributed by atoms with Crippen LogP contribution in [-0.4, -0.2) is 35.0 Å². The molecule has 2 aliphatic heterocycles. The zero-order valence-electron chi connectivity index (χ0n) is 17.8. The Kier molecular flexibility index (Phi) is 5.65. The molecular weight excluding hydrogens is 379 g/mol. The van der Waals surface area contributed by atoms with Gasteiger partial charge in [-0.3, -0.25) is 14.6 Å². The van der Waals surface area contributed by atoms with E-state index in [1.807, 2.05) is 38.1 Å². The summed E-state index contributed by atoms with van der Waals surface area (Å²) >= 11 is 0. The highest BCUT2D eigenvalue weighted by Gasteiger charge is 2.46. The highest BCUT2D eigenvalue weighted by Crippen LogP contribution is 2.41. The van der Waals surface area contributed by atoms with Crippen molar-refractivity contribution in [2.24, 2.45) is 0 Å². The van der Waals surface area contributed by atoms with E-state index < -0.39 is 0 Å². The van der Waals surface area contributed by atoms with Gasteiger partial charge in [-0.2, -0.15) is 0 Å². The molecule has 2 aromatic carbocycles. The quantitative estimate of drug-likeness (QED) is 0.703. The number of anilines is 1. The summed E-state index contributed by atoms with van der Waals surface area (Å²) in [7, 11) is 0. The van der Waals surface area contributed by atoms with E-state index in [0.29, 0.717) is 5.69 Å². The number of hydrogen-bond donors (Lipinski definition) is 0. The number of carbonyl (C=O) groups excluding carboxylic acids is 1. The van der Waals surface area contributed by atoms with Gasteiger partial charge in [0, 0.05) is 30.9 Å². The minimum atomic E-state index is -0.386. The summed E-state index contributed by atoms with van der Waals surface area (Å²) in [4.78, 5) is 16.9. The van der Waals surface area contributed by atoms with Crippen molar-refractivity contribution < 1.29 is 13.9 Å². The van der Waals surface area contributed by atoms with Crippen LogP contribution in [0.1, 0.15) is 39.2 Å². The first-order valence-corrected chi connectivity index (χ1v) is 10.6. The van der Waals surface area contributed by atoms with Crippen LogP contribution in [0.3, 0.4) is 0 Å². The monoisotopic (exact) mass is 408 g/mol. The number of amides is 1. The third kappa shape index (κ3) is 4.12. The van der Waals surface area contributed by atoms with Crippen LogP contribution in [0.15, 0.2) is 60.7 Å². The molecule has 2 aromatic rings. The van der Waals surface area contributed by atoms with Crippen molar-refractivity contribution in [3.05, 3.63) is 72.1 Å². The maximum Gasteiger partial charge on any atom is 0.251 e. The molecule has 0 unspecified atom stereocenters. The standard InChI is InChI=1S/C25H29FN2O2/c1-18(2)30-23-9-4-6-20(14-23)17-27-13-12-25(16-19(27)3)11-10-24(29)28(25)22-8-5-7-21(26)15-22/h4-11,14-15,18-19H,12-13,16-17H2,1-3H3/t19-,25+/m0/s1. The third-order valence-electron chi connectivity index (χ3n) is 6.03. The Bertz CT molecular complexity index is 958. The van der Waals surface area contributed by atoms with Crippen molar-refractivity contribution in [2.75, 3.05) is 11.4 Å². The van der Waals surface area contributed by atoms with Gasteiger partial charge in [-0.15, -0.1) is 0 Å². The fourth-order valence-electron chi connectivity index (χ4n) is 4.71. The molecule has 2 atom stereocenters. The molecular formula is C25H29FN2O2. The zero-order valence-corrected chi connectivity index (χ0v) is 17.8. The molecule has 0 N–H and O–H groups in total. The molecule has 0 aromatic heterocycles. The normalized spacial score (nSPS) is 24.2. The first-order chi connectivity index (χ1) is 14.4. The Labute approximate surface area is 177 Å². The second kappa shape index (κ2) is 8.23. The second-order valence-corrected chi connectivity index (χ2v) is 8.68. The van der Waals surface area contributed by atoms with E-state index in [2.05, 4.69) is 24.0 Å². The second-order valence-electron chi connectivity index (χ2n) is 8.68. The van der Waals surface area contributed by atoms with Crippen LogP contribution in [0, 0.1) is 5.82 Å². The summed E-state index contributed by atoms with van der Waals surface area (Å²) in [5.41, 5.74) is 1.46. The Morgan fingerprint density at radius 2 is 2.00 bits per heavy atom. The summed E-state index contributed by atoms with van der Waals surface area (Å²) in [6, 6.07) is 14.9. The number of likely N-dealkylation sites (tertiary alicyclic amines) is 1. The Morgan fingerprint density at radius 1 is 1.20 bits per heavy atom. The van der Waals surface area contributed by atoms with Gasteiger partial charge in [0.2, 0.25) is 0 Å². The fraction of sp³-hybridized carbons (Fsp3) is 0.400. The summed E-state index contributed by atoms with van der Waals surface area (Å²) in [5, 5.41) is 0. The van der Waals surface area contributed by atoms with Crippen molar-refractivity contribution in [3.8, 4) is 5.75 Å². The molecule has 30 heavy (non-hydrogen) atoms. The van der Waals surface area contributed by atoms with Gasteiger partial charge in [-0.05, 0) is 69.5 Å². The number of nitrogens with zero attached hydrogens (tertiary/aromatic N) is 2. The maximum atomic E-state index is 13.8. The largest absolute Gasteiger partial charge is 0.491 e. The molecule has 1 amide bonds. The van der Waals surface area contributed by atoms with Gasteiger partial charge in [0.1, 0.15) is 11.6 Å². The van der Waals surface area contributed by atoms with E-state index in [-0.39, 0.29) is 29.4 Å². The van der Waals surface area contributed by atoms with E-state index in [0.717, 1.165) is 31.7 Å². The Morgan fingerprint density at radius 3 is 2.73 bits per heavy atom. The number of rotatable bonds is 5. The highest BCUT2D eigenvalue weighted by atomic mass is 19.1. The van der Waals surface area contributed by atoms with E-state index >= 15 is 0 Å². The van der Waals surface area contributed by atoms with Crippen LogP contribution in [0.5, 0.6) is 5.75 Å². The number of halogens is 1. The van der Waals surface area contributed by atoms with Crippen molar-refractivity contribution in [2.45, 2.75) is 57.8 Å². The molecule has 1 spiro atoms. The molecule has 2 aliphatic rings. The van der Waals surface area contributed by atoms with Crippen LogP contribution >= 0.6 is 0 Å². The Balaban J connectivity index is 1.50. The molecule has 5 heteroatoms. The average molecular weight is 409 g/mol. The number of carbonyl (C=O) groups is 1. The van der Waals surface area contributed by atoms with E-state index in [9.17, 15) is 9.18 Å². The first kappa shape index (κ1) is 20.6. The lowest BCUT2D eigenvalue weighted by molar-refractivity contribution is -0.114. The molecule has 2 heterocycles. The number of benzene rings is 2. The van der Waals surface area contributed by atoms with Gasteiger partial charge < -0.3 is 4.74 Å². The van der Waals surface area contributed by atoms with Gasteiger partial charge in [0.25, 0.3) is 5.91 Å². The molecule has 4 nitrogen and oxygen atoms in total. The smallest absolute Gasteiger partial charge is 0.251 e. The predicted octanol–water partition coefficient (Wildman–Crippen LogP) is 4.94. The van der Waals surface area contributed by atoms with Gasteiger partial charge in [0.05, 0.1) is 11.6 Å². The molecule has 0 aliphatic carbocycles. The van der Waals surface area contributed by atoms with Crippen LogP contribution in [-0.2, 0) is 11.3 Å². The van der Waals surface area contributed by atoms with E-state index in [4.69, 9.17) is 4.74 Å². The van der Waals surface area contributed by atoms with E-state index in [1.165, 1.54) is 17.7 Å². The highest BCUT2D eigenvalue weighted by molar-refractivity contribution is 6.06. The molecule has 158 valence electrons. The lowest BCUT2D eigenvalue weighted by atomic mass is 9.82. The van der Waals surface area contributed by atoms with Crippen molar-refractivity contribution >= 4 is 11.6 Å². The van der Waals surface area contributed by atoms with Crippen LogP contribution in [0.2, 0.25) is 0 Å². The summed E-state index contributed by atoms with van der Waals surface area (Å²) in [5.74, 6) is 0.501. The van der Waals surface area contributed by atoms with Crippen molar-refractivity contribution in [3.63, 3.8) is 0 Å². The molecule has 0 saturated carbocycles. The third-order valence-corrected chi connectivity index (χ3v) is 6.03. The van der Waals surface area contributed by atoms with Gasteiger partial charge in [-0.25, -0.2) is 4.39 Å². The lowest BCUT2D eigenvalue weighted by Gasteiger charge is -2.47. The predicted molar refractivity (Wildman–Crippen MR) is 117 cm³/mol. The topological polar surface area (TPSA) is 32.8 Å². The SMILES string of the molecule is CC(C)Oc1cccc(CN2CC[C@]3(C=CC(=O)N3c3cccc(F)c3)C[C@@H]2C)c1. The van der Waals surface area contributed by atoms with Crippen molar-refractivity contribution in [1.82, 2.24) is 4.90 Å². The van der Waals surface area contributed by atoms with Crippen LogP contribution < -0.4 is 9.64 Å². The average Bonchev–Trinajstić information content (AvgIpc) is 2.99. The molecule has 0 bridgehead atoms. The minimum absolute atomic E-state index is 0.0696. The number of piperidine rings is 1. The molecule has 0 radical (unpaired) electrons. The summed E-state index contributed by atoms with van der Waals surface area (Å²) in [6.45, 7) is 7.96. The molecule has 1 saturated heterocycles. The Hall–Kier alpha value is -2.66. The maximum absolute atomic E-state index is 13.8. The van der Waals surface area contributed by atoms with Crippen molar-refractivity contribution in [1.29, 1.82) is 0 Å². The summed E-state index contributed by atoms with van der Waals surface area (Å²) in [6.07, 6.45) is 5.44. The minimum Gasteiger partial charge on any atom is -0.491 e. The van der Waals surface area contributed by atoms with Crippen LogP contribution in [0.4, 0.5) is 10.1 Å². The zero-order chi connectivity index (χ0) is 21.3. The van der Waals surface area contributed by atoms with Gasteiger partial charge in [-0.1, -0.05) is 24.3 Å². The van der Waals surface area contributed by atoms with Crippen LogP contribution in [0.25, 0.3) is 0 Å². The number of ether oxygens (including phenoxy) is 1. The first-order valence-electron chi connectivity index (χ1n) is 10.6. The molecule has 4 rings (SSSR count). The lowest BCUT2D eigenvalue weighted by Crippen LogP contribution is -2.56.